The summed E-state index contributed by atoms with van der Waals surface area (Å²) in [6, 6.07) is 0. The van der Waals surface area contributed by atoms with Crippen molar-refractivity contribution in [3.8, 4) is 0 Å². The van der Waals surface area contributed by atoms with E-state index in [9.17, 15) is 19.0 Å². The molecule has 0 saturated heterocycles. The molecule has 0 aliphatic rings. The van der Waals surface area contributed by atoms with Gasteiger partial charge in [0.05, 0.1) is 27.7 Å². The number of rotatable bonds is 37. The zero-order chi connectivity index (χ0) is 40.0. The predicted octanol–water partition coefficient (Wildman–Crippen LogP) is 11.1. The summed E-state index contributed by atoms with van der Waals surface area (Å²) in [5.74, 6) is -1.13. The van der Waals surface area contributed by atoms with E-state index in [0.29, 0.717) is 17.4 Å². The molecule has 2 unspecified atom stereocenters. The minimum absolute atomic E-state index is 0.0515. The lowest BCUT2D eigenvalue weighted by Crippen LogP contribution is -2.37. The lowest BCUT2D eigenvalue weighted by atomic mass is 10.1. The highest BCUT2D eigenvalue weighted by Crippen LogP contribution is 2.38. The monoisotopic (exact) mass is 780 g/mol. The number of esters is 2. The number of hydrogen-bond donors (Lipinski definition) is 0. The summed E-state index contributed by atoms with van der Waals surface area (Å²) in [5.41, 5.74) is 0. The van der Waals surface area contributed by atoms with Crippen LogP contribution < -0.4 is 4.89 Å². The summed E-state index contributed by atoms with van der Waals surface area (Å²) in [5, 5.41) is 0. The molecule has 54 heavy (non-hydrogen) atoms. The molecule has 0 heterocycles. The maximum absolute atomic E-state index is 12.6. The molecule has 0 radical (unpaired) electrons. The van der Waals surface area contributed by atoms with Gasteiger partial charge in [-0.1, -0.05) is 139 Å². The number of carbonyl (C=O) groups excluding carboxylic acids is 2. The quantitative estimate of drug-likeness (QED) is 0.0117. The number of carbonyl (C=O) groups is 2. The van der Waals surface area contributed by atoms with Crippen LogP contribution in [0.5, 0.6) is 0 Å². The SMILES string of the molecule is CCCCCC/C=C\CCC/C=C/C=C/C=C/C(=O)OCC(COP(=O)([O-])OCC[N+](C)(C)C)OC(=O)CCCCCCCCC/C=C\CCCCCC. The van der Waals surface area contributed by atoms with Crippen molar-refractivity contribution < 1.29 is 42.1 Å². The highest BCUT2D eigenvalue weighted by atomic mass is 31.2. The van der Waals surface area contributed by atoms with Gasteiger partial charge in [0.2, 0.25) is 0 Å². The van der Waals surface area contributed by atoms with E-state index in [2.05, 4.69) is 44.2 Å². The topological polar surface area (TPSA) is 111 Å². The molecule has 9 nitrogen and oxygen atoms in total. The van der Waals surface area contributed by atoms with E-state index in [1.807, 2.05) is 33.3 Å². The summed E-state index contributed by atoms with van der Waals surface area (Å²) in [7, 11) is 1.09. The first-order valence-electron chi connectivity index (χ1n) is 21.1. The fourth-order valence-electron chi connectivity index (χ4n) is 5.28. The Labute approximate surface area is 330 Å². The molecule has 312 valence electrons. The second-order valence-corrected chi connectivity index (χ2v) is 16.5. The van der Waals surface area contributed by atoms with Gasteiger partial charge in [0.15, 0.2) is 6.10 Å². The molecule has 2 atom stereocenters. The van der Waals surface area contributed by atoms with E-state index in [0.717, 1.165) is 44.9 Å². The van der Waals surface area contributed by atoms with E-state index >= 15 is 0 Å². The van der Waals surface area contributed by atoms with Crippen LogP contribution in [0.3, 0.4) is 0 Å². The standard InChI is InChI=1S/C44H78NO8P/c1-6-8-10-12-14-16-18-20-22-24-26-28-30-32-34-36-43(46)50-40-42(41-52-54(48,49)51-39-38-45(3,4)5)53-44(47)37-35-33-31-29-27-25-23-21-19-17-15-13-11-9-7-2/h16-19,26,28,30,32,34,36,42H,6-15,20-25,27,29,31,33,35,37-41H2,1-5H3/b18-16-,19-17-,28-26+,32-30+,36-34+. The van der Waals surface area contributed by atoms with Crippen molar-refractivity contribution in [2.75, 3.05) is 47.5 Å². The zero-order valence-electron chi connectivity index (χ0n) is 34.9. The molecule has 0 saturated carbocycles. The molecular weight excluding hydrogens is 701 g/mol. The second-order valence-electron chi connectivity index (χ2n) is 15.1. The molecule has 0 aromatic carbocycles. The van der Waals surface area contributed by atoms with Crippen LogP contribution in [0.1, 0.15) is 155 Å². The first-order chi connectivity index (χ1) is 26.0. The summed E-state index contributed by atoms with van der Waals surface area (Å²) >= 11 is 0. The Kier molecular flexibility index (Phi) is 34.8. The number of phosphoric acid groups is 1. The van der Waals surface area contributed by atoms with Gasteiger partial charge in [0.25, 0.3) is 7.82 Å². The van der Waals surface area contributed by atoms with Gasteiger partial charge in [-0.05, 0) is 64.2 Å². The van der Waals surface area contributed by atoms with E-state index in [1.54, 1.807) is 12.2 Å². The van der Waals surface area contributed by atoms with Crippen molar-refractivity contribution in [3.05, 3.63) is 60.8 Å². The first-order valence-corrected chi connectivity index (χ1v) is 22.5. The van der Waals surface area contributed by atoms with E-state index in [-0.39, 0.29) is 19.6 Å². The maximum atomic E-state index is 12.6. The van der Waals surface area contributed by atoms with E-state index in [4.69, 9.17) is 18.5 Å². The average Bonchev–Trinajstić information content (AvgIpc) is 3.12. The largest absolute Gasteiger partial charge is 0.756 e. The van der Waals surface area contributed by atoms with Gasteiger partial charge in [-0.3, -0.25) is 9.36 Å². The van der Waals surface area contributed by atoms with E-state index in [1.165, 1.54) is 89.5 Å². The third-order valence-corrected chi connectivity index (χ3v) is 9.58. The van der Waals surface area contributed by atoms with Crippen LogP contribution in [-0.4, -0.2) is 70.0 Å². The molecule has 0 fully saturated rings. The smallest absolute Gasteiger partial charge is 0.330 e. The molecular formula is C44H78NO8P. The third-order valence-electron chi connectivity index (χ3n) is 8.62. The Morgan fingerprint density at radius 3 is 1.69 bits per heavy atom. The van der Waals surface area contributed by atoms with Crippen LogP contribution in [0, 0.1) is 0 Å². The van der Waals surface area contributed by atoms with Gasteiger partial charge < -0.3 is 27.9 Å². The van der Waals surface area contributed by atoms with Gasteiger partial charge in [0, 0.05) is 12.5 Å². The molecule has 0 rings (SSSR count). The molecule has 0 spiro atoms. The number of quaternary nitrogens is 1. The maximum Gasteiger partial charge on any atom is 0.330 e. The molecule has 0 aromatic heterocycles. The molecule has 10 heteroatoms. The average molecular weight is 780 g/mol. The molecule has 0 aliphatic heterocycles. The van der Waals surface area contributed by atoms with Crippen molar-refractivity contribution >= 4 is 19.8 Å². The summed E-state index contributed by atoms with van der Waals surface area (Å²) in [6.07, 6.45) is 43.1. The number of ether oxygens (including phenoxy) is 2. The van der Waals surface area contributed by atoms with Crippen LogP contribution in [0.4, 0.5) is 0 Å². The number of phosphoric ester groups is 1. The minimum atomic E-state index is -4.65. The summed E-state index contributed by atoms with van der Waals surface area (Å²) in [4.78, 5) is 37.3. The number of unbranched alkanes of at least 4 members (excludes halogenated alkanes) is 17. The van der Waals surface area contributed by atoms with E-state index < -0.39 is 32.5 Å². The zero-order valence-corrected chi connectivity index (χ0v) is 35.8. The molecule has 0 bridgehead atoms. The van der Waals surface area contributed by atoms with Crippen molar-refractivity contribution in [3.63, 3.8) is 0 Å². The Bertz CT molecular complexity index is 1110. The van der Waals surface area contributed by atoms with Gasteiger partial charge in [-0.25, -0.2) is 4.79 Å². The van der Waals surface area contributed by atoms with Crippen molar-refractivity contribution in [1.29, 1.82) is 0 Å². The number of likely N-dealkylation sites (N-methyl/N-ethyl adjacent to an activating group) is 1. The molecule has 0 amide bonds. The van der Waals surface area contributed by atoms with Gasteiger partial charge in [0.1, 0.15) is 19.8 Å². The van der Waals surface area contributed by atoms with Crippen LogP contribution in [0.15, 0.2) is 60.8 Å². The van der Waals surface area contributed by atoms with Crippen molar-refractivity contribution in [1.82, 2.24) is 0 Å². The van der Waals surface area contributed by atoms with Gasteiger partial charge in [-0.2, -0.15) is 0 Å². The molecule has 0 N–H and O–H groups in total. The minimum Gasteiger partial charge on any atom is -0.756 e. The highest BCUT2D eigenvalue weighted by Gasteiger charge is 2.21. The van der Waals surface area contributed by atoms with Gasteiger partial charge in [-0.15, -0.1) is 0 Å². The fourth-order valence-corrected chi connectivity index (χ4v) is 6.01. The van der Waals surface area contributed by atoms with Crippen LogP contribution in [0.2, 0.25) is 0 Å². The molecule has 0 aromatic rings. The first kappa shape index (κ1) is 51.7. The van der Waals surface area contributed by atoms with Crippen molar-refractivity contribution in [2.24, 2.45) is 0 Å². The lowest BCUT2D eigenvalue weighted by molar-refractivity contribution is -0.870. The van der Waals surface area contributed by atoms with Crippen molar-refractivity contribution in [2.45, 2.75) is 161 Å². The van der Waals surface area contributed by atoms with Gasteiger partial charge >= 0.3 is 11.9 Å². The number of hydrogen-bond acceptors (Lipinski definition) is 8. The lowest BCUT2D eigenvalue weighted by Gasteiger charge is -2.28. The summed E-state index contributed by atoms with van der Waals surface area (Å²) < 4.78 is 33.6. The molecule has 0 aliphatic carbocycles. The highest BCUT2D eigenvalue weighted by molar-refractivity contribution is 7.45. The number of allylic oxidation sites excluding steroid dienone is 9. The fraction of sp³-hybridized carbons (Fsp3) is 0.727. The predicted molar refractivity (Wildman–Crippen MR) is 222 cm³/mol. The van der Waals surface area contributed by atoms with Crippen LogP contribution in [-0.2, 0) is 32.7 Å². The Morgan fingerprint density at radius 1 is 0.611 bits per heavy atom. The van der Waals surface area contributed by atoms with Crippen LogP contribution >= 0.6 is 7.82 Å². The number of nitrogens with zero attached hydrogens (tertiary/aromatic N) is 1. The third kappa shape index (κ3) is 39.4. The second kappa shape index (κ2) is 36.4. The Balaban J connectivity index is 4.57. The Morgan fingerprint density at radius 2 is 1.11 bits per heavy atom. The Hall–Kier alpha value is -2.29. The summed E-state index contributed by atoms with van der Waals surface area (Å²) in [6.45, 7) is 4.01. The normalized spacial score (nSPS) is 14.3. The van der Waals surface area contributed by atoms with Crippen LogP contribution in [0.25, 0.3) is 0 Å².